The van der Waals surface area contributed by atoms with E-state index < -0.39 is 5.97 Å². The average Bonchev–Trinajstić information content (AvgIpc) is 2.83. The van der Waals surface area contributed by atoms with E-state index in [0.29, 0.717) is 10.6 Å². The third kappa shape index (κ3) is 3.06. The number of halogens is 1. The highest BCUT2D eigenvalue weighted by Crippen LogP contribution is 2.28. The Kier molecular flexibility index (Phi) is 4.17. The van der Waals surface area contributed by atoms with E-state index in [-0.39, 0.29) is 18.5 Å². The Morgan fingerprint density at radius 3 is 3.05 bits per heavy atom. The summed E-state index contributed by atoms with van der Waals surface area (Å²) in [6, 6.07) is 5.28. The third-order valence-corrected chi connectivity index (χ3v) is 3.99. The largest absolute Gasteiger partial charge is 0.457 e. The van der Waals surface area contributed by atoms with Crippen LogP contribution in [-0.4, -0.2) is 25.3 Å². The molecule has 5 heteroatoms. The molecule has 1 fully saturated rings. The molecule has 0 radical (unpaired) electrons. The van der Waals surface area contributed by atoms with Crippen molar-refractivity contribution in [2.75, 3.05) is 13.2 Å². The molecule has 0 N–H and O–H groups in total. The lowest BCUT2D eigenvalue weighted by molar-refractivity contribution is -0.0310. The van der Waals surface area contributed by atoms with Crippen molar-refractivity contribution in [1.29, 1.82) is 0 Å². The number of hydrogen-bond donors (Lipinski definition) is 0. The summed E-state index contributed by atoms with van der Waals surface area (Å²) in [5, 5.41) is 1.45. The molecule has 0 aliphatic carbocycles. The fourth-order valence-electron chi connectivity index (χ4n) is 2.56. The maximum Gasteiger partial charge on any atom is 0.374 e. The lowest BCUT2D eigenvalue weighted by atomic mass is 10.1. The van der Waals surface area contributed by atoms with Crippen molar-refractivity contribution in [3.8, 4) is 0 Å². The van der Waals surface area contributed by atoms with Crippen LogP contribution in [0.1, 0.15) is 35.4 Å². The topological polar surface area (TPSA) is 48.7 Å². The quantitative estimate of drug-likeness (QED) is 0.800. The number of fused-ring (bicyclic) bond motifs is 1. The maximum atomic E-state index is 12.2. The molecule has 1 aromatic carbocycles. The minimum Gasteiger partial charge on any atom is -0.457 e. The molecule has 3 rings (SSSR count). The number of carbonyl (C=O) groups excluding carboxylic acids is 1. The van der Waals surface area contributed by atoms with Gasteiger partial charge in [-0.2, -0.15) is 0 Å². The molecule has 2 heterocycles. The molecule has 21 heavy (non-hydrogen) atoms. The number of benzene rings is 1. The van der Waals surface area contributed by atoms with Crippen LogP contribution in [0.5, 0.6) is 0 Å². The van der Waals surface area contributed by atoms with Crippen molar-refractivity contribution in [2.45, 2.75) is 32.3 Å². The second-order valence-corrected chi connectivity index (χ2v) is 5.72. The van der Waals surface area contributed by atoms with Crippen molar-refractivity contribution >= 4 is 28.5 Å². The monoisotopic (exact) mass is 308 g/mol. The number of hydrogen-bond acceptors (Lipinski definition) is 4. The second-order valence-electron chi connectivity index (χ2n) is 5.28. The first-order chi connectivity index (χ1) is 10.1. The molecule has 112 valence electrons. The van der Waals surface area contributed by atoms with Gasteiger partial charge >= 0.3 is 5.97 Å². The first-order valence-electron chi connectivity index (χ1n) is 7.12. The molecule has 4 nitrogen and oxygen atoms in total. The fourth-order valence-corrected chi connectivity index (χ4v) is 2.73. The highest BCUT2D eigenvalue weighted by atomic mass is 35.5. The third-order valence-electron chi connectivity index (χ3n) is 3.76. The van der Waals surface area contributed by atoms with Crippen LogP contribution in [0.4, 0.5) is 0 Å². The summed E-state index contributed by atoms with van der Waals surface area (Å²) in [5.74, 6) is -0.211. The molecular weight excluding hydrogens is 292 g/mol. The smallest absolute Gasteiger partial charge is 0.374 e. The van der Waals surface area contributed by atoms with E-state index in [1.165, 1.54) is 0 Å². The standard InChI is InChI=1S/C16H17ClO4/c1-10-13-8-11(17)5-6-14(13)21-15(10)16(18)20-9-12-4-2-3-7-19-12/h5-6,8,12H,2-4,7,9H2,1H3. The zero-order valence-electron chi connectivity index (χ0n) is 11.9. The Bertz CT molecular complexity index is 656. The van der Waals surface area contributed by atoms with Crippen LogP contribution >= 0.6 is 11.6 Å². The minimum absolute atomic E-state index is 0.00169. The van der Waals surface area contributed by atoms with Crippen LogP contribution in [0.2, 0.25) is 5.02 Å². The van der Waals surface area contributed by atoms with Gasteiger partial charge in [0.05, 0.1) is 6.10 Å². The highest BCUT2D eigenvalue weighted by Gasteiger charge is 2.22. The predicted octanol–water partition coefficient (Wildman–Crippen LogP) is 4.12. The maximum absolute atomic E-state index is 12.2. The van der Waals surface area contributed by atoms with Gasteiger partial charge in [-0.15, -0.1) is 0 Å². The zero-order valence-corrected chi connectivity index (χ0v) is 12.6. The van der Waals surface area contributed by atoms with Gasteiger partial charge in [0, 0.05) is 22.6 Å². The van der Waals surface area contributed by atoms with Crippen LogP contribution in [0.15, 0.2) is 22.6 Å². The summed E-state index contributed by atoms with van der Waals surface area (Å²) in [6.07, 6.45) is 3.13. The Morgan fingerprint density at radius 2 is 2.29 bits per heavy atom. The fraction of sp³-hybridized carbons (Fsp3) is 0.438. The van der Waals surface area contributed by atoms with Crippen molar-refractivity contribution in [3.63, 3.8) is 0 Å². The number of aryl methyl sites for hydroxylation is 1. The van der Waals surface area contributed by atoms with Crippen molar-refractivity contribution < 1.29 is 18.7 Å². The number of esters is 1. The van der Waals surface area contributed by atoms with Gasteiger partial charge in [0.15, 0.2) is 0 Å². The van der Waals surface area contributed by atoms with Gasteiger partial charge < -0.3 is 13.9 Å². The van der Waals surface area contributed by atoms with Gasteiger partial charge in [0.2, 0.25) is 5.76 Å². The molecule has 2 aromatic rings. The van der Waals surface area contributed by atoms with Gasteiger partial charge in [0.25, 0.3) is 0 Å². The van der Waals surface area contributed by atoms with E-state index in [1.54, 1.807) is 18.2 Å². The molecule has 0 amide bonds. The molecule has 1 aliphatic heterocycles. The number of carbonyl (C=O) groups is 1. The first kappa shape index (κ1) is 14.4. The Hall–Kier alpha value is -1.52. The molecule has 0 saturated carbocycles. The van der Waals surface area contributed by atoms with Crippen LogP contribution < -0.4 is 0 Å². The molecule has 1 aromatic heterocycles. The zero-order chi connectivity index (χ0) is 14.8. The van der Waals surface area contributed by atoms with Gasteiger partial charge in [0.1, 0.15) is 12.2 Å². The Morgan fingerprint density at radius 1 is 1.43 bits per heavy atom. The summed E-state index contributed by atoms with van der Waals surface area (Å²) in [5.41, 5.74) is 1.39. The normalized spacial score (nSPS) is 18.9. The molecule has 1 atom stereocenters. The lowest BCUT2D eigenvalue weighted by Gasteiger charge is -2.21. The van der Waals surface area contributed by atoms with Gasteiger partial charge in [-0.3, -0.25) is 0 Å². The molecule has 0 bridgehead atoms. The molecular formula is C16H17ClO4. The summed E-state index contributed by atoms with van der Waals surface area (Å²) in [7, 11) is 0. The second kappa shape index (κ2) is 6.08. The Labute approximate surface area is 128 Å². The summed E-state index contributed by atoms with van der Waals surface area (Å²) >= 11 is 5.97. The van der Waals surface area contributed by atoms with Crippen LogP contribution in [0.3, 0.4) is 0 Å². The van der Waals surface area contributed by atoms with E-state index >= 15 is 0 Å². The molecule has 0 spiro atoms. The van der Waals surface area contributed by atoms with Crippen LogP contribution in [0.25, 0.3) is 11.0 Å². The van der Waals surface area contributed by atoms with Crippen LogP contribution in [-0.2, 0) is 9.47 Å². The van der Waals surface area contributed by atoms with Gasteiger partial charge in [-0.25, -0.2) is 4.79 Å². The van der Waals surface area contributed by atoms with Crippen molar-refractivity contribution in [1.82, 2.24) is 0 Å². The Balaban J connectivity index is 1.73. The molecule has 1 saturated heterocycles. The molecule has 1 aliphatic rings. The number of rotatable bonds is 3. The van der Waals surface area contributed by atoms with Gasteiger partial charge in [-0.05, 0) is 44.4 Å². The number of ether oxygens (including phenoxy) is 2. The summed E-state index contributed by atoms with van der Waals surface area (Å²) < 4.78 is 16.4. The summed E-state index contributed by atoms with van der Waals surface area (Å²) in [6.45, 7) is 2.84. The van der Waals surface area contributed by atoms with E-state index in [1.807, 2.05) is 6.92 Å². The minimum atomic E-state index is -0.450. The number of furan rings is 1. The summed E-state index contributed by atoms with van der Waals surface area (Å²) in [4.78, 5) is 12.2. The van der Waals surface area contributed by atoms with Crippen molar-refractivity contribution in [2.24, 2.45) is 0 Å². The SMILES string of the molecule is Cc1c(C(=O)OCC2CCCCO2)oc2ccc(Cl)cc12. The van der Waals surface area contributed by atoms with E-state index in [9.17, 15) is 4.79 Å². The van der Waals surface area contributed by atoms with E-state index in [4.69, 9.17) is 25.5 Å². The highest BCUT2D eigenvalue weighted by molar-refractivity contribution is 6.31. The first-order valence-corrected chi connectivity index (χ1v) is 7.50. The average molecular weight is 309 g/mol. The van der Waals surface area contributed by atoms with Crippen LogP contribution in [0, 0.1) is 6.92 Å². The van der Waals surface area contributed by atoms with Gasteiger partial charge in [-0.1, -0.05) is 11.6 Å². The van der Waals surface area contributed by atoms with E-state index in [0.717, 1.165) is 36.8 Å². The molecule has 1 unspecified atom stereocenters. The van der Waals surface area contributed by atoms with Crippen molar-refractivity contribution in [3.05, 3.63) is 34.5 Å². The predicted molar refractivity (Wildman–Crippen MR) is 79.8 cm³/mol. The lowest BCUT2D eigenvalue weighted by Crippen LogP contribution is -2.26. The van der Waals surface area contributed by atoms with E-state index in [2.05, 4.69) is 0 Å².